The highest BCUT2D eigenvalue weighted by Crippen LogP contribution is 2.27. The van der Waals surface area contributed by atoms with Gasteiger partial charge in [0.25, 0.3) is 0 Å². The number of rotatable bonds is 3. The molecule has 86 valence electrons. The summed E-state index contributed by atoms with van der Waals surface area (Å²) in [5.74, 6) is 0.751. The standard InChI is InChI=1S/C11H13ClN2OS/c1-15-8-4-5-9(12)10(6-8)14-11(16)13-7-2-3-7/h4-7H,2-3H2,1H3,(H2,13,14,16). The van der Waals surface area contributed by atoms with Gasteiger partial charge < -0.3 is 15.4 Å². The fourth-order valence-electron chi connectivity index (χ4n) is 1.30. The lowest BCUT2D eigenvalue weighted by atomic mass is 10.3. The summed E-state index contributed by atoms with van der Waals surface area (Å²) in [7, 11) is 1.62. The van der Waals surface area contributed by atoms with E-state index in [2.05, 4.69) is 10.6 Å². The van der Waals surface area contributed by atoms with Crippen molar-refractivity contribution in [2.75, 3.05) is 12.4 Å². The average Bonchev–Trinajstić information content (AvgIpc) is 3.05. The molecular formula is C11H13ClN2OS. The van der Waals surface area contributed by atoms with E-state index in [0.29, 0.717) is 16.2 Å². The first kappa shape index (κ1) is 11.5. The van der Waals surface area contributed by atoms with Crippen LogP contribution in [0.1, 0.15) is 12.8 Å². The van der Waals surface area contributed by atoms with Crippen LogP contribution in [0, 0.1) is 0 Å². The van der Waals surface area contributed by atoms with E-state index in [1.54, 1.807) is 13.2 Å². The van der Waals surface area contributed by atoms with Crippen LogP contribution >= 0.6 is 23.8 Å². The van der Waals surface area contributed by atoms with E-state index < -0.39 is 0 Å². The van der Waals surface area contributed by atoms with Crippen LogP contribution in [0.4, 0.5) is 5.69 Å². The molecule has 1 aromatic rings. The van der Waals surface area contributed by atoms with Gasteiger partial charge >= 0.3 is 0 Å². The second-order valence-corrected chi connectivity index (χ2v) is 4.53. The van der Waals surface area contributed by atoms with Gasteiger partial charge in [0.05, 0.1) is 17.8 Å². The predicted octanol–water partition coefficient (Wildman–Crippen LogP) is 2.80. The van der Waals surface area contributed by atoms with Gasteiger partial charge in [-0.25, -0.2) is 0 Å². The van der Waals surface area contributed by atoms with Crippen LogP contribution in [-0.2, 0) is 0 Å². The molecule has 5 heteroatoms. The van der Waals surface area contributed by atoms with Crippen LogP contribution < -0.4 is 15.4 Å². The number of benzene rings is 1. The molecule has 1 saturated carbocycles. The Morgan fingerprint density at radius 3 is 2.88 bits per heavy atom. The molecule has 0 unspecified atom stereocenters. The van der Waals surface area contributed by atoms with Crippen LogP contribution in [0.5, 0.6) is 5.75 Å². The maximum atomic E-state index is 6.04. The Morgan fingerprint density at radius 1 is 1.50 bits per heavy atom. The minimum Gasteiger partial charge on any atom is -0.497 e. The number of anilines is 1. The number of hydrogen-bond donors (Lipinski definition) is 2. The predicted molar refractivity (Wildman–Crippen MR) is 70.4 cm³/mol. The van der Waals surface area contributed by atoms with Crippen molar-refractivity contribution in [2.45, 2.75) is 18.9 Å². The van der Waals surface area contributed by atoms with Gasteiger partial charge in [0.2, 0.25) is 0 Å². The van der Waals surface area contributed by atoms with E-state index >= 15 is 0 Å². The zero-order chi connectivity index (χ0) is 11.5. The van der Waals surface area contributed by atoms with Gasteiger partial charge in [-0.15, -0.1) is 0 Å². The maximum absolute atomic E-state index is 6.04. The molecule has 2 N–H and O–H groups in total. The minimum absolute atomic E-state index is 0.532. The molecule has 16 heavy (non-hydrogen) atoms. The Bertz CT molecular complexity index is 407. The molecule has 0 spiro atoms. The van der Waals surface area contributed by atoms with Gasteiger partial charge in [-0.05, 0) is 37.2 Å². The molecule has 0 aliphatic heterocycles. The first-order valence-corrected chi connectivity index (χ1v) is 5.88. The van der Waals surface area contributed by atoms with E-state index in [1.807, 2.05) is 12.1 Å². The first-order chi connectivity index (χ1) is 7.69. The third-order valence-corrected chi connectivity index (χ3v) is 2.88. The van der Waals surface area contributed by atoms with Crippen molar-refractivity contribution >= 4 is 34.6 Å². The summed E-state index contributed by atoms with van der Waals surface area (Å²) in [4.78, 5) is 0. The topological polar surface area (TPSA) is 33.3 Å². The van der Waals surface area contributed by atoms with E-state index in [1.165, 1.54) is 12.8 Å². The molecule has 0 radical (unpaired) electrons. The zero-order valence-corrected chi connectivity index (χ0v) is 10.5. The van der Waals surface area contributed by atoms with Gasteiger partial charge in [0, 0.05) is 12.1 Å². The Morgan fingerprint density at radius 2 is 2.25 bits per heavy atom. The molecule has 1 fully saturated rings. The van der Waals surface area contributed by atoms with Crippen LogP contribution in [0.25, 0.3) is 0 Å². The highest BCUT2D eigenvalue weighted by atomic mass is 35.5. The number of thiocarbonyl (C=S) groups is 1. The lowest BCUT2D eigenvalue weighted by Crippen LogP contribution is -2.30. The van der Waals surface area contributed by atoms with Crippen molar-refractivity contribution in [1.29, 1.82) is 0 Å². The van der Waals surface area contributed by atoms with Crippen LogP contribution in [0.3, 0.4) is 0 Å². The summed E-state index contributed by atoms with van der Waals surface area (Å²) in [5.41, 5.74) is 0.763. The molecule has 0 heterocycles. The van der Waals surface area contributed by atoms with Gasteiger partial charge in [0.15, 0.2) is 5.11 Å². The highest BCUT2D eigenvalue weighted by Gasteiger charge is 2.21. The van der Waals surface area contributed by atoms with Crippen molar-refractivity contribution < 1.29 is 4.74 Å². The Hall–Kier alpha value is -1.00. The lowest BCUT2D eigenvalue weighted by Gasteiger charge is -2.12. The highest BCUT2D eigenvalue weighted by molar-refractivity contribution is 7.80. The van der Waals surface area contributed by atoms with E-state index in [9.17, 15) is 0 Å². The zero-order valence-electron chi connectivity index (χ0n) is 8.92. The molecule has 0 saturated heterocycles. The molecule has 2 rings (SSSR count). The molecular weight excluding hydrogens is 244 g/mol. The van der Waals surface area contributed by atoms with Gasteiger partial charge in [-0.3, -0.25) is 0 Å². The summed E-state index contributed by atoms with van der Waals surface area (Å²) in [6.45, 7) is 0. The Labute approximate surface area is 105 Å². The van der Waals surface area contributed by atoms with Crippen molar-refractivity contribution in [3.05, 3.63) is 23.2 Å². The van der Waals surface area contributed by atoms with E-state index in [-0.39, 0.29) is 0 Å². The molecule has 0 amide bonds. The molecule has 1 aliphatic rings. The molecule has 1 aromatic carbocycles. The van der Waals surface area contributed by atoms with Crippen LogP contribution in [-0.4, -0.2) is 18.3 Å². The molecule has 0 aromatic heterocycles. The summed E-state index contributed by atoms with van der Waals surface area (Å²) in [6.07, 6.45) is 2.38. The van der Waals surface area contributed by atoms with Crippen molar-refractivity contribution in [3.8, 4) is 5.75 Å². The summed E-state index contributed by atoms with van der Waals surface area (Å²) < 4.78 is 5.12. The maximum Gasteiger partial charge on any atom is 0.171 e. The third kappa shape index (κ3) is 3.00. The molecule has 0 atom stereocenters. The fraction of sp³-hybridized carbons (Fsp3) is 0.364. The van der Waals surface area contributed by atoms with Gasteiger partial charge in [-0.1, -0.05) is 11.6 Å². The van der Waals surface area contributed by atoms with Crippen LogP contribution in [0.15, 0.2) is 18.2 Å². The SMILES string of the molecule is COc1ccc(Cl)c(NC(=S)NC2CC2)c1. The number of halogens is 1. The summed E-state index contributed by atoms with van der Waals surface area (Å²) in [6, 6.07) is 5.95. The summed E-state index contributed by atoms with van der Waals surface area (Å²) >= 11 is 11.2. The minimum atomic E-state index is 0.532. The van der Waals surface area contributed by atoms with Gasteiger partial charge in [0.1, 0.15) is 5.75 Å². The van der Waals surface area contributed by atoms with Crippen LogP contribution in [0.2, 0.25) is 5.02 Å². The van der Waals surface area contributed by atoms with Crippen molar-refractivity contribution in [3.63, 3.8) is 0 Å². The second kappa shape index (κ2) is 4.89. The average molecular weight is 257 g/mol. The van der Waals surface area contributed by atoms with E-state index in [0.717, 1.165) is 11.4 Å². The first-order valence-electron chi connectivity index (χ1n) is 5.10. The smallest absolute Gasteiger partial charge is 0.171 e. The number of hydrogen-bond acceptors (Lipinski definition) is 2. The number of nitrogens with one attached hydrogen (secondary N) is 2. The monoisotopic (exact) mass is 256 g/mol. The van der Waals surface area contributed by atoms with Crippen molar-refractivity contribution in [1.82, 2.24) is 5.32 Å². The molecule has 3 nitrogen and oxygen atoms in total. The summed E-state index contributed by atoms with van der Waals surface area (Å²) in [5, 5.41) is 7.49. The Balaban J connectivity index is 2.03. The van der Waals surface area contributed by atoms with Gasteiger partial charge in [-0.2, -0.15) is 0 Å². The fourth-order valence-corrected chi connectivity index (χ4v) is 1.74. The second-order valence-electron chi connectivity index (χ2n) is 3.72. The Kier molecular flexibility index (Phi) is 3.51. The number of ether oxygens (including phenoxy) is 1. The van der Waals surface area contributed by atoms with E-state index in [4.69, 9.17) is 28.6 Å². The van der Waals surface area contributed by atoms with Crippen molar-refractivity contribution in [2.24, 2.45) is 0 Å². The molecule has 0 bridgehead atoms. The number of methoxy groups -OCH3 is 1. The quantitative estimate of drug-likeness (QED) is 0.815. The normalized spacial score (nSPS) is 14.4. The largest absolute Gasteiger partial charge is 0.497 e. The third-order valence-electron chi connectivity index (χ3n) is 2.33. The molecule has 1 aliphatic carbocycles. The lowest BCUT2D eigenvalue weighted by molar-refractivity contribution is 0.415.